The van der Waals surface area contributed by atoms with Gasteiger partial charge >= 0.3 is 6.09 Å². The molecule has 0 aliphatic carbocycles. The smallest absolute Gasteiger partial charge is 0.440 e. The number of nitrogens with zero attached hydrogens (tertiary/aromatic N) is 3. The minimum Gasteiger partial charge on any atom is -0.463 e. The van der Waals surface area contributed by atoms with Gasteiger partial charge in [-0.2, -0.15) is 0 Å². The maximum atomic E-state index is 12.7. The van der Waals surface area contributed by atoms with E-state index in [1.165, 1.54) is 16.8 Å². The summed E-state index contributed by atoms with van der Waals surface area (Å²) in [5.41, 5.74) is 0.474. The summed E-state index contributed by atoms with van der Waals surface area (Å²) >= 11 is 0. The number of hydroxylamine groups is 2. The van der Waals surface area contributed by atoms with Gasteiger partial charge < -0.3 is 14.5 Å². The number of carboxylic acid groups (broad SMARTS) is 1. The van der Waals surface area contributed by atoms with Gasteiger partial charge in [0.2, 0.25) is 0 Å². The van der Waals surface area contributed by atoms with Crippen LogP contribution in [0.5, 0.6) is 5.75 Å². The third-order valence-electron chi connectivity index (χ3n) is 4.86. The average Bonchev–Trinajstić information content (AvgIpc) is 2.68. The van der Waals surface area contributed by atoms with E-state index < -0.39 is 12.1 Å². The molecule has 1 unspecified atom stereocenters. The summed E-state index contributed by atoms with van der Waals surface area (Å²) in [6.07, 6.45) is 3.01. The largest absolute Gasteiger partial charge is 0.463 e. The van der Waals surface area contributed by atoms with Crippen LogP contribution in [0.15, 0.2) is 35.4 Å². The Morgan fingerprint density at radius 1 is 1.28 bits per heavy atom. The molecule has 2 heterocycles. The topological polar surface area (TPSA) is 102 Å². The van der Waals surface area contributed by atoms with Crippen LogP contribution in [0, 0.1) is 5.92 Å². The van der Waals surface area contributed by atoms with E-state index in [2.05, 4.69) is 4.98 Å². The number of aldehydes is 1. The first-order valence-corrected chi connectivity index (χ1v) is 9.30. The second-order valence-corrected chi connectivity index (χ2v) is 7.49. The number of aryl methyl sites for hydroxylation is 1. The number of benzene rings is 1. The minimum atomic E-state index is -1.26. The highest BCUT2D eigenvalue weighted by atomic mass is 16.7. The molecule has 1 N–H and O–H groups in total. The van der Waals surface area contributed by atoms with Gasteiger partial charge in [0, 0.05) is 30.9 Å². The molecule has 152 valence electrons. The number of hydrogen-bond donors (Lipinski definition) is 1. The van der Waals surface area contributed by atoms with E-state index in [-0.39, 0.29) is 22.8 Å². The molecule has 0 saturated carbocycles. The molecule has 0 saturated heterocycles. The van der Waals surface area contributed by atoms with Crippen molar-refractivity contribution >= 4 is 34.1 Å². The number of carbonyl (C=O) groups is 2. The van der Waals surface area contributed by atoms with Crippen molar-refractivity contribution in [3.8, 4) is 5.75 Å². The van der Waals surface area contributed by atoms with Crippen molar-refractivity contribution in [2.75, 3.05) is 0 Å². The number of hydrogen-bond acceptors (Lipinski definition) is 5. The Labute approximate surface area is 167 Å². The van der Waals surface area contributed by atoms with Crippen LogP contribution in [-0.2, 0) is 7.05 Å². The SMILES string of the molecule is CC(C)CC(C)N(Oc1cc2c(cc1C=O)c1ccncc1c(=O)n2C)C(=O)O. The molecule has 3 rings (SSSR count). The Kier molecular flexibility index (Phi) is 5.54. The summed E-state index contributed by atoms with van der Waals surface area (Å²) in [7, 11) is 1.61. The molecular weight excluding hydrogens is 374 g/mol. The number of carbonyl (C=O) groups excluding carboxylic acids is 1. The fourth-order valence-electron chi connectivity index (χ4n) is 3.54. The third-order valence-corrected chi connectivity index (χ3v) is 4.86. The fraction of sp³-hybridized carbons (Fsp3) is 0.333. The lowest BCUT2D eigenvalue weighted by atomic mass is 10.0. The first kappa shape index (κ1) is 20.3. The zero-order valence-corrected chi connectivity index (χ0v) is 16.7. The van der Waals surface area contributed by atoms with Crippen LogP contribution in [0.4, 0.5) is 4.79 Å². The summed E-state index contributed by atoms with van der Waals surface area (Å²) in [5, 5.41) is 12.2. The van der Waals surface area contributed by atoms with E-state index in [9.17, 15) is 19.5 Å². The molecule has 3 aromatic rings. The van der Waals surface area contributed by atoms with Gasteiger partial charge in [-0.1, -0.05) is 13.8 Å². The zero-order chi connectivity index (χ0) is 21.3. The van der Waals surface area contributed by atoms with Crippen LogP contribution >= 0.6 is 0 Å². The van der Waals surface area contributed by atoms with E-state index in [0.29, 0.717) is 34.4 Å². The molecule has 2 aromatic heterocycles. The summed E-state index contributed by atoms with van der Waals surface area (Å²) < 4.78 is 1.43. The standard InChI is InChI=1S/C21H23N3O5/c1-12(2)7-13(3)24(21(27)28)29-19-9-18-16(8-14(19)11-25)15-5-6-22-10-17(15)20(26)23(18)4/h5-6,8-13H,7H2,1-4H3,(H,27,28). The third kappa shape index (κ3) is 3.78. The Bertz CT molecular complexity index is 1150. The van der Waals surface area contributed by atoms with E-state index >= 15 is 0 Å². The summed E-state index contributed by atoms with van der Waals surface area (Å²) in [6.45, 7) is 5.71. The Balaban J connectivity index is 2.19. The van der Waals surface area contributed by atoms with Crippen LogP contribution in [0.25, 0.3) is 21.7 Å². The second-order valence-electron chi connectivity index (χ2n) is 7.49. The molecule has 8 heteroatoms. The molecule has 29 heavy (non-hydrogen) atoms. The summed E-state index contributed by atoms with van der Waals surface area (Å²) in [6, 6.07) is 4.42. The molecule has 0 aliphatic rings. The molecule has 1 atom stereocenters. The van der Waals surface area contributed by atoms with Crippen LogP contribution in [0.3, 0.4) is 0 Å². The highest BCUT2D eigenvalue weighted by Gasteiger charge is 2.24. The maximum Gasteiger partial charge on any atom is 0.440 e. The maximum absolute atomic E-state index is 12.7. The lowest BCUT2D eigenvalue weighted by Crippen LogP contribution is -2.41. The number of aromatic nitrogens is 2. The van der Waals surface area contributed by atoms with Crippen molar-refractivity contribution in [3.63, 3.8) is 0 Å². The first-order chi connectivity index (χ1) is 13.7. The van der Waals surface area contributed by atoms with Gasteiger partial charge in [-0.05, 0) is 36.8 Å². The van der Waals surface area contributed by atoms with Gasteiger partial charge in [0.15, 0.2) is 12.0 Å². The molecule has 1 aromatic carbocycles. The van der Waals surface area contributed by atoms with Crippen molar-refractivity contribution in [3.05, 3.63) is 46.5 Å². The predicted molar refractivity (Wildman–Crippen MR) is 109 cm³/mol. The molecule has 8 nitrogen and oxygen atoms in total. The minimum absolute atomic E-state index is 0.0777. The molecular formula is C21H23N3O5. The normalized spacial score (nSPS) is 12.3. The second kappa shape index (κ2) is 7.90. The highest BCUT2D eigenvalue weighted by molar-refractivity contribution is 6.07. The van der Waals surface area contributed by atoms with Crippen LogP contribution in [0.1, 0.15) is 37.6 Å². The molecule has 0 aliphatic heterocycles. The van der Waals surface area contributed by atoms with Crippen molar-refractivity contribution in [1.29, 1.82) is 0 Å². The van der Waals surface area contributed by atoms with Crippen molar-refractivity contribution in [1.82, 2.24) is 14.6 Å². The number of fused-ring (bicyclic) bond motifs is 3. The summed E-state index contributed by atoms with van der Waals surface area (Å²) in [4.78, 5) is 45.8. The lowest BCUT2D eigenvalue weighted by Gasteiger charge is -2.27. The molecule has 0 spiro atoms. The van der Waals surface area contributed by atoms with Gasteiger partial charge in [0.1, 0.15) is 0 Å². The van der Waals surface area contributed by atoms with Crippen molar-refractivity contribution in [2.24, 2.45) is 13.0 Å². The van der Waals surface area contributed by atoms with Crippen LogP contribution < -0.4 is 10.4 Å². The number of pyridine rings is 2. The molecule has 0 fully saturated rings. The monoisotopic (exact) mass is 397 g/mol. The first-order valence-electron chi connectivity index (χ1n) is 9.30. The van der Waals surface area contributed by atoms with Crippen LogP contribution in [0.2, 0.25) is 0 Å². The van der Waals surface area contributed by atoms with Crippen LogP contribution in [-0.4, -0.2) is 38.1 Å². The molecule has 1 amide bonds. The van der Waals surface area contributed by atoms with E-state index in [1.807, 2.05) is 13.8 Å². The molecule has 0 bridgehead atoms. The lowest BCUT2D eigenvalue weighted by molar-refractivity contribution is -0.0684. The number of amides is 1. The highest BCUT2D eigenvalue weighted by Crippen LogP contribution is 2.30. The Morgan fingerprint density at radius 3 is 2.62 bits per heavy atom. The molecule has 0 radical (unpaired) electrons. The number of rotatable bonds is 6. The van der Waals surface area contributed by atoms with Crippen molar-refractivity contribution in [2.45, 2.75) is 33.2 Å². The van der Waals surface area contributed by atoms with Gasteiger partial charge in [0.25, 0.3) is 5.56 Å². The van der Waals surface area contributed by atoms with E-state index in [1.54, 1.807) is 32.3 Å². The quantitative estimate of drug-likeness (QED) is 0.387. The van der Waals surface area contributed by atoms with Gasteiger partial charge in [0.05, 0.1) is 22.5 Å². The van der Waals surface area contributed by atoms with Gasteiger partial charge in [-0.15, -0.1) is 5.06 Å². The van der Waals surface area contributed by atoms with Crippen molar-refractivity contribution < 1.29 is 19.5 Å². The fourth-order valence-corrected chi connectivity index (χ4v) is 3.54. The van der Waals surface area contributed by atoms with Gasteiger partial charge in [-0.25, -0.2) is 4.79 Å². The predicted octanol–water partition coefficient (Wildman–Crippen LogP) is 3.61. The van der Waals surface area contributed by atoms with E-state index in [4.69, 9.17) is 4.84 Å². The Morgan fingerprint density at radius 2 is 2.00 bits per heavy atom. The zero-order valence-electron chi connectivity index (χ0n) is 16.7. The van der Waals surface area contributed by atoms with Gasteiger partial charge in [-0.3, -0.25) is 14.6 Å². The average molecular weight is 397 g/mol. The summed E-state index contributed by atoms with van der Waals surface area (Å²) in [5.74, 6) is 0.340. The van der Waals surface area contributed by atoms with E-state index in [0.717, 1.165) is 5.06 Å². The Hall–Kier alpha value is -3.42.